The zero-order valence-corrected chi connectivity index (χ0v) is 21.6. The van der Waals surface area contributed by atoms with Crippen LogP contribution < -0.4 is 20.7 Å². The smallest absolute Gasteiger partial charge is 0.452 e. The molecule has 2 rings (SSSR count). The molecule has 8 nitrogen and oxygen atoms in total. The molecule has 0 aliphatic rings. The predicted molar refractivity (Wildman–Crippen MR) is 130 cm³/mol. The maximum absolute atomic E-state index is 14.5. The van der Waals surface area contributed by atoms with E-state index in [-0.39, 0.29) is 10.6 Å². The number of carbonyl (C=O) groups is 4. The first-order valence-electron chi connectivity index (χ1n) is 11.3. The zero-order chi connectivity index (χ0) is 29.5. The fraction of sp³-hybridized carbons (Fsp3) is 0.360. The fourth-order valence-corrected chi connectivity index (χ4v) is 3.53. The van der Waals surface area contributed by atoms with Crippen molar-refractivity contribution in [2.75, 3.05) is 13.7 Å². The SMILES string of the molecule is COc1ccc([C@H](NC(=O)CNC(=O)C(F)(F)c2cccc(Cl)c2)C(=O)N[C@H](C(=O)C(F)(F)F)C(C)C)cc1. The fourth-order valence-electron chi connectivity index (χ4n) is 3.34. The van der Waals surface area contributed by atoms with Gasteiger partial charge in [-0.25, -0.2) is 0 Å². The van der Waals surface area contributed by atoms with Gasteiger partial charge in [0.2, 0.25) is 11.8 Å². The first kappa shape index (κ1) is 31.5. The largest absolute Gasteiger partial charge is 0.497 e. The standard InChI is InChI=1S/C25H25ClF5N3O5/c1-13(2)19(21(36)25(29,30)31)34-22(37)20(14-7-9-17(39-3)10-8-14)33-18(35)12-32-23(38)24(27,28)15-5-4-6-16(26)11-15/h4-11,13,19-20H,12H2,1-3H3,(H,32,38)(H,33,35)(H,34,37)/t19-,20-/m0/s1. The van der Waals surface area contributed by atoms with Crippen LogP contribution in [0.5, 0.6) is 5.75 Å². The first-order valence-corrected chi connectivity index (χ1v) is 11.7. The Hall–Kier alpha value is -3.74. The van der Waals surface area contributed by atoms with Gasteiger partial charge in [0, 0.05) is 10.6 Å². The molecule has 14 heteroatoms. The number of alkyl halides is 5. The first-order chi connectivity index (χ1) is 18.1. The van der Waals surface area contributed by atoms with Crippen molar-refractivity contribution < 1.29 is 45.9 Å². The van der Waals surface area contributed by atoms with Gasteiger partial charge >= 0.3 is 12.1 Å². The highest BCUT2D eigenvalue weighted by Crippen LogP contribution is 2.30. The van der Waals surface area contributed by atoms with E-state index in [1.54, 1.807) is 5.32 Å². The van der Waals surface area contributed by atoms with Gasteiger partial charge in [0.05, 0.1) is 19.7 Å². The van der Waals surface area contributed by atoms with Crippen molar-refractivity contribution in [3.8, 4) is 5.75 Å². The van der Waals surface area contributed by atoms with Gasteiger partial charge in [-0.1, -0.05) is 49.7 Å². The number of benzene rings is 2. The van der Waals surface area contributed by atoms with Gasteiger partial charge in [0.15, 0.2) is 0 Å². The second kappa shape index (κ2) is 12.9. The van der Waals surface area contributed by atoms with Crippen LogP contribution in [0.3, 0.4) is 0 Å². The Labute approximate surface area is 225 Å². The summed E-state index contributed by atoms with van der Waals surface area (Å²) in [7, 11) is 1.36. The van der Waals surface area contributed by atoms with Crippen molar-refractivity contribution in [3.05, 3.63) is 64.7 Å². The van der Waals surface area contributed by atoms with Crippen molar-refractivity contribution in [2.45, 2.75) is 38.0 Å². The Kier molecular flexibility index (Phi) is 10.4. The number of carbonyl (C=O) groups excluding carboxylic acids is 4. The van der Waals surface area contributed by atoms with Crippen molar-refractivity contribution in [2.24, 2.45) is 5.92 Å². The quantitative estimate of drug-likeness (QED) is 0.353. The summed E-state index contributed by atoms with van der Waals surface area (Å²) in [6.45, 7) is 1.56. The highest BCUT2D eigenvalue weighted by Gasteiger charge is 2.45. The number of methoxy groups -OCH3 is 1. The second-order valence-electron chi connectivity index (χ2n) is 8.63. The summed E-state index contributed by atoms with van der Waals surface area (Å²) in [6, 6.07) is 6.19. The third kappa shape index (κ3) is 8.37. The van der Waals surface area contributed by atoms with Gasteiger partial charge < -0.3 is 20.7 Å². The van der Waals surface area contributed by atoms with Crippen molar-refractivity contribution in [1.82, 2.24) is 16.0 Å². The molecule has 2 atom stereocenters. The maximum atomic E-state index is 14.5. The lowest BCUT2D eigenvalue weighted by Crippen LogP contribution is -2.53. The molecular weight excluding hydrogens is 553 g/mol. The van der Waals surface area contributed by atoms with Crippen LogP contribution in [0.1, 0.15) is 31.0 Å². The Balaban J connectivity index is 2.22. The third-order valence-corrected chi connectivity index (χ3v) is 5.66. The Morgan fingerprint density at radius 2 is 1.56 bits per heavy atom. The van der Waals surface area contributed by atoms with Gasteiger partial charge in [0.1, 0.15) is 11.8 Å². The van der Waals surface area contributed by atoms with Crippen LogP contribution >= 0.6 is 11.6 Å². The van der Waals surface area contributed by atoms with E-state index in [1.165, 1.54) is 57.4 Å². The molecule has 2 aromatic carbocycles. The van der Waals surface area contributed by atoms with E-state index in [0.29, 0.717) is 5.75 Å². The van der Waals surface area contributed by atoms with E-state index in [4.69, 9.17) is 16.3 Å². The summed E-state index contributed by atoms with van der Waals surface area (Å²) in [6.07, 6.45) is -5.24. The number of hydrogen-bond donors (Lipinski definition) is 3. The maximum Gasteiger partial charge on any atom is 0.452 e. The Bertz CT molecular complexity index is 1210. The topological polar surface area (TPSA) is 114 Å². The molecule has 0 saturated carbocycles. The van der Waals surface area contributed by atoms with E-state index in [0.717, 1.165) is 12.1 Å². The van der Waals surface area contributed by atoms with E-state index >= 15 is 0 Å². The number of hydrogen-bond acceptors (Lipinski definition) is 5. The van der Waals surface area contributed by atoms with E-state index in [1.807, 2.05) is 5.32 Å². The average Bonchev–Trinajstić information content (AvgIpc) is 2.87. The summed E-state index contributed by atoms with van der Waals surface area (Å²) in [4.78, 5) is 49.5. The molecule has 0 fully saturated rings. The van der Waals surface area contributed by atoms with Gasteiger partial charge in [-0.2, -0.15) is 22.0 Å². The lowest BCUT2D eigenvalue weighted by Gasteiger charge is -2.26. The number of ether oxygens (including phenoxy) is 1. The molecule has 0 radical (unpaired) electrons. The minimum absolute atomic E-state index is 0.0465. The lowest BCUT2D eigenvalue weighted by molar-refractivity contribution is -0.175. The minimum Gasteiger partial charge on any atom is -0.497 e. The normalized spacial score (nSPS) is 13.3. The molecule has 0 saturated heterocycles. The molecule has 3 N–H and O–H groups in total. The molecule has 0 spiro atoms. The molecule has 0 aliphatic heterocycles. The minimum atomic E-state index is -5.24. The highest BCUT2D eigenvalue weighted by atomic mass is 35.5. The van der Waals surface area contributed by atoms with E-state index in [9.17, 15) is 41.1 Å². The molecule has 39 heavy (non-hydrogen) atoms. The lowest BCUT2D eigenvalue weighted by atomic mass is 9.98. The van der Waals surface area contributed by atoms with Crippen molar-refractivity contribution in [1.29, 1.82) is 0 Å². The summed E-state index contributed by atoms with van der Waals surface area (Å²) >= 11 is 5.69. The van der Waals surface area contributed by atoms with Crippen LogP contribution in [0.15, 0.2) is 48.5 Å². The van der Waals surface area contributed by atoms with Crippen LogP contribution in [-0.2, 0) is 25.1 Å². The summed E-state index contributed by atoms with van der Waals surface area (Å²) < 4.78 is 73.2. The highest BCUT2D eigenvalue weighted by molar-refractivity contribution is 6.30. The summed E-state index contributed by atoms with van der Waals surface area (Å²) in [5.74, 6) is -11.0. The number of nitrogens with one attached hydrogen (secondary N) is 3. The Morgan fingerprint density at radius 3 is 2.08 bits per heavy atom. The Morgan fingerprint density at radius 1 is 0.949 bits per heavy atom. The summed E-state index contributed by atoms with van der Waals surface area (Å²) in [5.41, 5.74) is -0.656. The molecule has 2 aromatic rings. The number of rotatable bonds is 11. The third-order valence-electron chi connectivity index (χ3n) is 5.42. The molecule has 0 heterocycles. The second-order valence-corrected chi connectivity index (χ2v) is 9.07. The van der Waals surface area contributed by atoms with Crippen molar-refractivity contribution >= 4 is 35.1 Å². The number of Topliss-reactive ketones (excluding diaryl/α,β-unsaturated/α-hetero) is 1. The van der Waals surface area contributed by atoms with Gasteiger partial charge in [-0.05, 0) is 35.7 Å². The van der Waals surface area contributed by atoms with Crippen LogP contribution in [0.2, 0.25) is 5.02 Å². The van der Waals surface area contributed by atoms with Crippen LogP contribution in [-0.4, -0.2) is 49.4 Å². The van der Waals surface area contributed by atoms with Crippen LogP contribution in [0.4, 0.5) is 22.0 Å². The van der Waals surface area contributed by atoms with Crippen molar-refractivity contribution in [3.63, 3.8) is 0 Å². The molecule has 212 valence electrons. The molecule has 0 aromatic heterocycles. The molecule has 0 bridgehead atoms. The average molecular weight is 578 g/mol. The summed E-state index contributed by atoms with van der Waals surface area (Å²) in [5, 5.41) is 5.89. The van der Waals surface area contributed by atoms with E-state index < -0.39 is 65.7 Å². The van der Waals surface area contributed by atoms with Gasteiger partial charge in [-0.3, -0.25) is 19.2 Å². The molecular formula is C25H25ClF5N3O5. The van der Waals surface area contributed by atoms with Crippen LogP contribution in [0.25, 0.3) is 0 Å². The van der Waals surface area contributed by atoms with E-state index in [2.05, 4.69) is 5.32 Å². The number of halogens is 6. The molecule has 3 amide bonds. The predicted octanol–water partition coefficient (Wildman–Crippen LogP) is 3.69. The monoisotopic (exact) mass is 577 g/mol. The van der Waals surface area contributed by atoms with Crippen LogP contribution in [0, 0.1) is 5.92 Å². The molecule has 0 unspecified atom stereocenters. The number of ketones is 1. The number of amides is 3. The zero-order valence-electron chi connectivity index (χ0n) is 20.9. The van der Waals surface area contributed by atoms with Gasteiger partial charge in [-0.15, -0.1) is 0 Å². The van der Waals surface area contributed by atoms with Gasteiger partial charge in [0.25, 0.3) is 11.7 Å². The molecule has 0 aliphatic carbocycles.